The van der Waals surface area contributed by atoms with Crippen LogP contribution in [0.3, 0.4) is 0 Å². The first kappa shape index (κ1) is 18.5. The van der Waals surface area contributed by atoms with Gasteiger partial charge < -0.3 is 15.1 Å². The van der Waals surface area contributed by atoms with E-state index in [4.69, 9.17) is 4.42 Å². The van der Waals surface area contributed by atoms with Crippen molar-refractivity contribution in [3.63, 3.8) is 0 Å². The van der Waals surface area contributed by atoms with E-state index in [0.29, 0.717) is 12.2 Å². The largest absolute Gasteiger partial charge is 0.459 e. The number of rotatable bonds is 4. The van der Waals surface area contributed by atoms with Crippen molar-refractivity contribution < 1.29 is 18.8 Å². The Morgan fingerprint density at radius 2 is 2.14 bits per heavy atom. The molecular weight excluding hydrogens is 358 g/mol. The van der Waals surface area contributed by atoms with E-state index in [1.54, 1.807) is 0 Å². The molecule has 4 rings (SSSR count). The number of urea groups is 1. The highest BCUT2D eigenvalue weighted by Gasteiger charge is 2.55. The number of hydrogen-bond acceptors (Lipinski definition) is 4. The van der Waals surface area contributed by atoms with E-state index < -0.39 is 17.5 Å². The molecule has 2 N–H and O–H groups in total. The number of nitrogens with zero attached hydrogens (tertiary/aromatic N) is 1. The van der Waals surface area contributed by atoms with Crippen molar-refractivity contribution in [2.45, 2.75) is 51.1 Å². The maximum Gasteiger partial charge on any atom is 0.325 e. The van der Waals surface area contributed by atoms with Gasteiger partial charge in [-0.15, -0.1) is 0 Å². The van der Waals surface area contributed by atoms with Gasteiger partial charge in [-0.3, -0.25) is 14.5 Å². The Labute approximate surface area is 163 Å². The SMILES string of the molecule is C[C@H](NC(=O)CN1C(=O)N[C@@]2(CCCC[C@H]2C)C1=O)c1cc2ccccc2o1. The fourth-order valence-corrected chi connectivity index (χ4v) is 4.36. The first-order valence-corrected chi connectivity index (χ1v) is 9.82. The molecule has 148 valence electrons. The van der Waals surface area contributed by atoms with E-state index >= 15 is 0 Å². The van der Waals surface area contributed by atoms with Gasteiger partial charge in [0.1, 0.15) is 23.4 Å². The summed E-state index contributed by atoms with van der Waals surface area (Å²) >= 11 is 0. The van der Waals surface area contributed by atoms with Crippen LogP contribution in [0.2, 0.25) is 0 Å². The molecule has 1 saturated carbocycles. The van der Waals surface area contributed by atoms with Crippen LogP contribution in [0, 0.1) is 5.92 Å². The lowest BCUT2D eigenvalue weighted by molar-refractivity contribution is -0.137. The molecule has 3 atom stereocenters. The summed E-state index contributed by atoms with van der Waals surface area (Å²) in [4.78, 5) is 38.9. The second-order valence-electron chi connectivity index (χ2n) is 7.92. The molecule has 0 radical (unpaired) electrons. The van der Waals surface area contributed by atoms with Crippen molar-refractivity contribution in [3.8, 4) is 0 Å². The minimum absolute atomic E-state index is 0.0697. The molecule has 0 bridgehead atoms. The smallest absolute Gasteiger partial charge is 0.325 e. The molecule has 1 aromatic heterocycles. The minimum atomic E-state index is -0.847. The molecule has 1 saturated heterocycles. The van der Waals surface area contributed by atoms with E-state index in [0.717, 1.165) is 35.1 Å². The molecule has 2 heterocycles. The zero-order valence-electron chi connectivity index (χ0n) is 16.2. The number of amides is 4. The molecule has 1 aromatic carbocycles. The minimum Gasteiger partial charge on any atom is -0.459 e. The number of para-hydroxylation sites is 1. The Bertz CT molecular complexity index is 904. The Hall–Kier alpha value is -2.83. The van der Waals surface area contributed by atoms with E-state index in [9.17, 15) is 14.4 Å². The van der Waals surface area contributed by atoms with Crippen LogP contribution in [0.15, 0.2) is 34.7 Å². The molecule has 7 nitrogen and oxygen atoms in total. The van der Waals surface area contributed by atoms with Gasteiger partial charge in [0.2, 0.25) is 5.91 Å². The number of nitrogens with one attached hydrogen (secondary N) is 2. The van der Waals surface area contributed by atoms with Crippen LogP contribution in [-0.4, -0.2) is 34.8 Å². The molecule has 1 aliphatic carbocycles. The number of furan rings is 1. The second-order valence-corrected chi connectivity index (χ2v) is 7.92. The van der Waals surface area contributed by atoms with Gasteiger partial charge in [0, 0.05) is 5.39 Å². The molecule has 0 unspecified atom stereocenters. The molecule has 7 heteroatoms. The first-order chi connectivity index (χ1) is 13.4. The third kappa shape index (κ3) is 3.04. The highest BCUT2D eigenvalue weighted by atomic mass is 16.3. The van der Waals surface area contributed by atoms with E-state index in [1.807, 2.05) is 44.2 Å². The highest BCUT2D eigenvalue weighted by molar-refractivity contribution is 6.09. The van der Waals surface area contributed by atoms with Gasteiger partial charge in [-0.25, -0.2) is 4.79 Å². The van der Waals surface area contributed by atoms with Gasteiger partial charge in [-0.2, -0.15) is 0 Å². The number of hydrogen-bond donors (Lipinski definition) is 2. The van der Waals surface area contributed by atoms with Crippen molar-refractivity contribution in [2.75, 3.05) is 6.54 Å². The average Bonchev–Trinajstić information content (AvgIpc) is 3.20. The Kier molecular flexibility index (Phi) is 4.61. The number of benzene rings is 1. The normalized spacial score (nSPS) is 25.9. The van der Waals surface area contributed by atoms with Gasteiger partial charge in [0.25, 0.3) is 5.91 Å². The van der Waals surface area contributed by atoms with Crippen molar-refractivity contribution >= 4 is 28.8 Å². The van der Waals surface area contributed by atoms with Crippen molar-refractivity contribution in [3.05, 3.63) is 36.1 Å². The number of imide groups is 1. The predicted molar refractivity (Wildman–Crippen MR) is 103 cm³/mol. The van der Waals surface area contributed by atoms with Gasteiger partial charge in [-0.1, -0.05) is 38.0 Å². The summed E-state index contributed by atoms with van der Waals surface area (Å²) in [6.45, 7) is 3.51. The molecule has 4 amide bonds. The van der Waals surface area contributed by atoms with Gasteiger partial charge in [0.15, 0.2) is 0 Å². The van der Waals surface area contributed by atoms with E-state index in [1.165, 1.54) is 0 Å². The summed E-state index contributed by atoms with van der Waals surface area (Å²) in [7, 11) is 0. The standard InChI is InChI=1S/C21H25N3O4/c1-13-7-5-6-10-21(13)19(26)24(20(27)23-21)12-18(25)22-14(2)17-11-15-8-3-4-9-16(15)28-17/h3-4,8-9,11,13-14H,5-7,10,12H2,1-2H3,(H,22,25)(H,23,27)/t13-,14+,21-/m1/s1. The lowest BCUT2D eigenvalue weighted by Crippen LogP contribution is -2.54. The van der Waals surface area contributed by atoms with E-state index in [-0.39, 0.29) is 24.4 Å². The fourth-order valence-electron chi connectivity index (χ4n) is 4.36. The number of fused-ring (bicyclic) bond motifs is 1. The molecule has 1 spiro atoms. The number of carbonyl (C=O) groups excluding carboxylic acids is 3. The maximum atomic E-state index is 13.0. The lowest BCUT2D eigenvalue weighted by atomic mass is 9.73. The van der Waals surface area contributed by atoms with Crippen LogP contribution < -0.4 is 10.6 Å². The monoisotopic (exact) mass is 383 g/mol. The van der Waals surface area contributed by atoms with Crippen molar-refractivity contribution in [2.24, 2.45) is 5.92 Å². The van der Waals surface area contributed by atoms with Crippen LogP contribution in [0.1, 0.15) is 51.3 Å². The molecule has 2 aliphatic rings. The first-order valence-electron chi connectivity index (χ1n) is 9.82. The Morgan fingerprint density at radius 1 is 1.36 bits per heavy atom. The fraction of sp³-hybridized carbons (Fsp3) is 0.476. The summed E-state index contributed by atoms with van der Waals surface area (Å²) < 4.78 is 5.77. The summed E-state index contributed by atoms with van der Waals surface area (Å²) in [5, 5.41) is 6.65. The molecular formula is C21H25N3O4. The molecule has 1 aliphatic heterocycles. The number of carbonyl (C=O) groups is 3. The van der Waals surface area contributed by atoms with Crippen LogP contribution in [0.5, 0.6) is 0 Å². The van der Waals surface area contributed by atoms with Crippen molar-refractivity contribution in [1.82, 2.24) is 15.5 Å². The third-order valence-corrected chi connectivity index (χ3v) is 6.05. The van der Waals surface area contributed by atoms with Crippen LogP contribution in [0.4, 0.5) is 4.79 Å². The van der Waals surface area contributed by atoms with Crippen LogP contribution >= 0.6 is 0 Å². The lowest BCUT2D eigenvalue weighted by Gasteiger charge is -2.36. The summed E-state index contributed by atoms with van der Waals surface area (Å²) in [6.07, 6.45) is 3.49. The van der Waals surface area contributed by atoms with Crippen LogP contribution in [0.25, 0.3) is 11.0 Å². The molecule has 2 aromatic rings. The van der Waals surface area contributed by atoms with Gasteiger partial charge in [-0.05, 0) is 37.8 Å². The molecule has 28 heavy (non-hydrogen) atoms. The van der Waals surface area contributed by atoms with Gasteiger partial charge >= 0.3 is 6.03 Å². The van der Waals surface area contributed by atoms with Gasteiger partial charge in [0.05, 0.1) is 6.04 Å². The summed E-state index contributed by atoms with van der Waals surface area (Å²) in [5.74, 6) is 0.0255. The zero-order valence-corrected chi connectivity index (χ0v) is 16.2. The van der Waals surface area contributed by atoms with Crippen molar-refractivity contribution in [1.29, 1.82) is 0 Å². The Morgan fingerprint density at radius 3 is 2.89 bits per heavy atom. The third-order valence-electron chi connectivity index (χ3n) is 6.05. The zero-order chi connectivity index (χ0) is 19.9. The van der Waals surface area contributed by atoms with E-state index in [2.05, 4.69) is 10.6 Å². The Balaban J connectivity index is 1.43. The second kappa shape index (κ2) is 6.96. The van der Waals surface area contributed by atoms with Crippen LogP contribution in [-0.2, 0) is 9.59 Å². The highest BCUT2D eigenvalue weighted by Crippen LogP contribution is 2.38. The summed E-state index contributed by atoms with van der Waals surface area (Å²) in [5.41, 5.74) is -0.0964. The summed E-state index contributed by atoms with van der Waals surface area (Å²) in [6, 6.07) is 8.64. The molecule has 2 fully saturated rings. The quantitative estimate of drug-likeness (QED) is 0.794. The maximum absolute atomic E-state index is 13.0. The predicted octanol–water partition coefficient (Wildman–Crippen LogP) is 3.11. The average molecular weight is 383 g/mol. The topological polar surface area (TPSA) is 91.7 Å².